The van der Waals surface area contributed by atoms with Crippen molar-refractivity contribution in [1.29, 1.82) is 0 Å². The first-order valence-electron chi connectivity index (χ1n) is 3.61. The van der Waals surface area contributed by atoms with Crippen LogP contribution in [-0.4, -0.2) is 34.5 Å². The first-order chi connectivity index (χ1) is 5.79. The third-order valence-corrected chi connectivity index (χ3v) is 1.71. The van der Waals surface area contributed by atoms with Crippen molar-refractivity contribution in [3.05, 3.63) is 12.4 Å². The predicted molar refractivity (Wildman–Crippen MR) is 46.0 cm³/mol. The summed E-state index contributed by atoms with van der Waals surface area (Å²) in [6.45, 7) is 0. The second kappa shape index (κ2) is 2.44. The van der Waals surface area contributed by atoms with Gasteiger partial charge in [-0.1, -0.05) is 0 Å². The number of nitrogens with one attached hydrogen (secondary N) is 1. The van der Waals surface area contributed by atoms with E-state index in [0.717, 1.165) is 16.7 Å². The Morgan fingerprint density at radius 3 is 2.92 bits per heavy atom. The molecule has 0 aliphatic rings. The number of aromatic amines is 1. The Morgan fingerprint density at radius 2 is 2.17 bits per heavy atom. The predicted octanol–water partition coefficient (Wildman–Crippen LogP) is 0.419. The lowest BCUT2D eigenvalue weighted by Crippen LogP contribution is -2.09. The van der Waals surface area contributed by atoms with Gasteiger partial charge in [0.25, 0.3) is 0 Å². The molecule has 1 N–H and O–H groups in total. The number of fused-ring (bicyclic) bond motifs is 1. The Labute approximate surface area is 69.4 Å². The molecule has 5 nitrogen and oxygen atoms in total. The van der Waals surface area contributed by atoms with Gasteiger partial charge in [-0.3, -0.25) is 5.10 Å². The van der Waals surface area contributed by atoms with Crippen molar-refractivity contribution in [1.82, 2.24) is 20.4 Å². The van der Waals surface area contributed by atoms with Gasteiger partial charge < -0.3 is 4.90 Å². The monoisotopic (exact) mass is 163 g/mol. The molecule has 0 spiro atoms. The van der Waals surface area contributed by atoms with Crippen molar-refractivity contribution >= 4 is 16.7 Å². The summed E-state index contributed by atoms with van der Waals surface area (Å²) in [6.07, 6.45) is 3.47. The van der Waals surface area contributed by atoms with Gasteiger partial charge in [0.2, 0.25) is 0 Å². The number of H-pyrrole nitrogens is 1. The van der Waals surface area contributed by atoms with Gasteiger partial charge in [-0.05, 0) is 0 Å². The molecular formula is C7H9N5. The molecule has 2 heterocycles. The topological polar surface area (TPSA) is 57.7 Å². The van der Waals surface area contributed by atoms with Crippen LogP contribution in [0, 0.1) is 0 Å². The molecule has 12 heavy (non-hydrogen) atoms. The maximum absolute atomic E-state index is 3.89. The average Bonchev–Trinajstić information content (AvgIpc) is 2.49. The molecule has 0 aromatic carbocycles. The minimum Gasteiger partial charge on any atom is -0.376 e. The van der Waals surface area contributed by atoms with Gasteiger partial charge in [0.15, 0.2) is 5.65 Å². The van der Waals surface area contributed by atoms with Crippen LogP contribution in [-0.2, 0) is 0 Å². The van der Waals surface area contributed by atoms with E-state index >= 15 is 0 Å². The van der Waals surface area contributed by atoms with Crippen molar-refractivity contribution in [2.45, 2.75) is 0 Å². The molecule has 2 rings (SSSR count). The summed E-state index contributed by atoms with van der Waals surface area (Å²) in [5.41, 5.74) is 1.75. The normalized spacial score (nSPS) is 10.5. The van der Waals surface area contributed by atoms with E-state index in [2.05, 4.69) is 20.4 Å². The number of rotatable bonds is 1. The molecule has 0 bridgehead atoms. The highest BCUT2D eigenvalue weighted by Gasteiger charge is 2.04. The molecule has 5 heteroatoms. The van der Waals surface area contributed by atoms with Crippen LogP contribution in [0.15, 0.2) is 12.4 Å². The summed E-state index contributed by atoms with van der Waals surface area (Å²) in [5.74, 6) is 0. The molecular weight excluding hydrogens is 154 g/mol. The maximum Gasteiger partial charge on any atom is 0.179 e. The first-order valence-corrected chi connectivity index (χ1v) is 3.61. The molecule has 2 aromatic rings. The molecule has 0 fully saturated rings. The zero-order valence-electron chi connectivity index (χ0n) is 6.94. The third-order valence-electron chi connectivity index (χ3n) is 1.71. The molecule has 0 unspecified atom stereocenters. The second-order valence-electron chi connectivity index (χ2n) is 2.76. The highest BCUT2D eigenvalue weighted by molar-refractivity contribution is 5.87. The lowest BCUT2D eigenvalue weighted by molar-refractivity contribution is 1.01. The zero-order chi connectivity index (χ0) is 8.55. The van der Waals surface area contributed by atoms with Crippen molar-refractivity contribution in [2.24, 2.45) is 0 Å². The van der Waals surface area contributed by atoms with E-state index in [1.807, 2.05) is 19.0 Å². The van der Waals surface area contributed by atoms with Crippen LogP contribution in [0.4, 0.5) is 5.69 Å². The molecule has 0 radical (unpaired) electrons. The van der Waals surface area contributed by atoms with E-state index in [1.54, 1.807) is 12.4 Å². The zero-order valence-corrected chi connectivity index (χ0v) is 6.94. The third kappa shape index (κ3) is 0.903. The molecule has 0 aliphatic heterocycles. The van der Waals surface area contributed by atoms with E-state index in [9.17, 15) is 0 Å². The summed E-state index contributed by atoms with van der Waals surface area (Å²) in [6, 6.07) is 0. The van der Waals surface area contributed by atoms with Crippen molar-refractivity contribution in [2.75, 3.05) is 19.0 Å². The Balaban J connectivity index is 2.73. The van der Waals surface area contributed by atoms with Crippen LogP contribution >= 0.6 is 0 Å². The summed E-state index contributed by atoms with van der Waals surface area (Å²) in [4.78, 5) is 1.98. The lowest BCUT2D eigenvalue weighted by atomic mass is 10.3. The van der Waals surface area contributed by atoms with E-state index < -0.39 is 0 Å². The summed E-state index contributed by atoms with van der Waals surface area (Å²) >= 11 is 0. The lowest BCUT2D eigenvalue weighted by Gasteiger charge is -2.11. The van der Waals surface area contributed by atoms with Gasteiger partial charge in [-0.2, -0.15) is 10.2 Å². The number of hydrogen-bond acceptors (Lipinski definition) is 4. The standard InChI is InChI=1S/C7H9N5/c1-12(2)6-4-9-11-7-5(6)3-8-10-7/h3-4H,1-2H3,(H,8,10,11). The second-order valence-corrected chi connectivity index (χ2v) is 2.76. The van der Waals surface area contributed by atoms with Gasteiger partial charge >= 0.3 is 0 Å². The fourth-order valence-corrected chi connectivity index (χ4v) is 1.11. The number of anilines is 1. The number of aromatic nitrogens is 4. The van der Waals surface area contributed by atoms with Crippen molar-refractivity contribution in [3.8, 4) is 0 Å². The Bertz CT molecular complexity index is 391. The molecule has 0 amide bonds. The summed E-state index contributed by atoms with van der Waals surface area (Å²) in [7, 11) is 3.92. The van der Waals surface area contributed by atoms with Crippen LogP contribution < -0.4 is 4.90 Å². The van der Waals surface area contributed by atoms with E-state index in [-0.39, 0.29) is 0 Å². The highest BCUT2D eigenvalue weighted by Crippen LogP contribution is 2.19. The van der Waals surface area contributed by atoms with Gasteiger partial charge in [0, 0.05) is 14.1 Å². The fraction of sp³-hybridized carbons (Fsp3) is 0.286. The largest absolute Gasteiger partial charge is 0.376 e. The fourth-order valence-electron chi connectivity index (χ4n) is 1.11. The van der Waals surface area contributed by atoms with Crippen LogP contribution in [0.3, 0.4) is 0 Å². The quantitative estimate of drug-likeness (QED) is 0.661. The minimum absolute atomic E-state index is 0.723. The average molecular weight is 163 g/mol. The number of hydrogen-bond donors (Lipinski definition) is 1. The molecule has 0 atom stereocenters. The van der Waals surface area contributed by atoms with E-state index in [1.165, 1.54) is 0 Å². The van der Waals surface area contributed by atoms with Gasteiger partial charge in [-0.15, -0.1) is 5.10 Å². The summed E-state index contributed by atoms with van der Waals surface area (Å²) < 4.78 is 0. The van der Waals surface area contributed by atoms with Crippen molar-refractivity contribution < 1.29 is 0 Å². The van der Waals surface area contributed by atoms with Crippen molar-refractivity contribution in [3.63, 3.8) is 0 Å². The first kappa shape index (κ1) is 7.02. The van der Waals surface area contributed by atoms with Crippen LogP contribution in [0.2, 0.25) is 0 Å². The van der Waals surface area contributed by atoms with Gasteiger partial charge in [-0.25, -0.2) is 0 Å². The van der Waals surface area contributed by atoms with Crippen LogP contribution in [0.1, 0.15) is 0 Å². The van der Waals surface area contributed by atoms with Gasteiger partial charge in [0.1, 0.15) is 0 Å². The molecule has 62 valence electrons. The summed E-state index contributed by atoms with van der Waals surface area (Å²) in [5, 5.41) is 15.4. The molecule has 2 aromatic heterocycles. The molecule has 0 saturated carbocycles. The maximum atomic E-state index is 3.89. The Hall–Kier alpha value is -1.65. The number of nitrogens with zero attached hydrogens (tertiary/aromatic N) is 4. The van der Waals surface area contributed by atoms with E-state index in [0.29, 0.717) is 0 Å². The van der Waals surface area contributed by atoms with Crippen LogP contribution in [0.5, 0.6) is 0 Å². The SMILES string of the molecule is CN(C)c1cnnc2[nH]ncc12. The van der Waals surface area contributed by atoms with Gasteiger partial charge in [0.05, 0.1) is 23.5 Å². The molecule has 0 aliphatic carbocycles. The highest BCUT2D eigenvalue weighted by atomic mass is 15.2. The smallest absolute Gasteiger partial charge is 0.179 e. The Kier molecular flexibility index (Phi) is 1.43. The Morgan fingerprint density at radius 1 is 1.33 bits per heavy atom. The molecule has 0 saturated heterocycles. The minimum atomic E-state index is 0.723. The van der Waals surface area contributed by atoms with Crippen LogP contribution in [0.25, 0.3) is 11.0 Å². The van der Waals surface area contributed by atoms with E-state index in [4.69, 9.17) is 0 Å².